The summed E-state index contributed by atoms with van der Waals surface area (Å²) in [5, 5.41) is 8.59. The Labute approximate surface area is 185 Å². The molecule has 0 aliphatic rings. The van der Waals surface area contributed by atoms with Crippen molar-refractivity contribution in [3.05, 3.63) is 60.2 Å². The van der Waals surface area contributed by atoms with E-state index in [2.05, 4.69) is 41.4 Å². The number of rotatable bonds is 17. The van der Waals surface area contributed by atoms with Crippen LogP contribution in [0.3, 0.4) is 0 Å². The lowest BCUT2D eigenvalue weighted by atomic mass is 10.0. The summed E-state index contributed by atoms with van der Waals surface area (Å²) >= 11 is 0. The number of benzene rings is 2. The molecule has 0 atom stereocenters. The first-order valence-corrected chi connectivity index (χ1v) is 12.4. The molecule has 2 nitrogen and oxygen atoms in total. The molecule has 0 saturated carbocycles. The summed E-state index contributed by atoms with van der Waals surface area (Å²) in [6.45, 7) is 2.29. The summed E-state index contributed by atoms with van der Waals surface area (Å²) in [4.78, 5) is 0. The van der Waals surface area contributed by atoms with Gasteiger partial charge in [-0.3, -0.25) is 0 Å². The third-order valence-corrected chi connectivity index (χ3v) is 5.79. The zero-order chi connectivity index (χ0) is 21.1. The molecule has 0 heterocycles. The summed E-state index contributed by atoms with van der Waals surface area (Å²) in [7, 11) is 0. The highest BCUT2D eigenvalue weighted by Gasteiger charge is 1.97. The van der Waals surface area contributed by atoms with E-state index in [1.54, 1.807) is 0 Å². The average molecular weight is 407 g/mol. The fourth-order valence-corrected chi connectivity index (χ4v) is 3.86. The monoisotopic (exact) mass is 406 g/mol. The first-order chi connectivity index (χ1) is 14.9. The van der Waals surface area contributed by atoms with Crippen molar-refractivity contribution in [2.24, 2.45) is 10.2 Å². The Balaban J connectivity index is 1.43. The van der Waals surface area contributed by atoms with Crippen molar-refractivity contribution >= 4 is 11.4 Å². The molecule has 0 radical (unpaired) electrons. The van der Waals surface area contributed by atoms with Crippen LogP contribution >= 0.6 is 0 Å². The molecule has 0 bridgehead atoms. The van der Waals surface area contributed by atoms with Gasteiger partial charge in [0, 0.05) is 0 Å². The highest BCUT2D eigenvalue weighted by Crippen LogP contribution is 2.19. The molecule has 2 heteroatoms. The molecule has 0 aliphatic carbocycles. The molecule has 2 aromatic carbocycles. The first-order valence-electron chi connectivity index (χ1n) is 12.4. The van der Waals surface area contributed by atoms with Gasteiger partial charge in [-0.2, -0.15) is 10.2 Å². The molecule has 0 aromatic heterocycles. The number of hydrogen-bond acceptors (Lipinski definition) is 2. The lowest BCUT2D eigenvalue weighted by molar-refractivity contribution is 0.535. The standard InChI is InChI=1S/C28H42N2/c1-2-3-4-5-6-7-8-9-10-11-12-13-14-16-19-26-22-24-28(25-23-26)30-29-27-20-17-15-18-21-27/h15,17-18,20-25H,2-14,16,19H2,1H3. The third-order valence-electron chi connectivity index (χ3n) is 5.79. The molecule has 0 aliphatic heterocycles. The van der Waals surface area contributed by atoms with E-state index in [4.69, 9.17) is 0 Å². The van der Waals surface area contributed by atoms with Gasteiger partial charge in [0.2, 0.25) is 0 Å². The van der Waals surface area contributed by atoms with Crippen LogP contribution in [0, 0.1) is 0 Å². The smallest absolute Gasteiger partial charge is 0.0857 e. The molecule has 164 valence electrons. The fraction of sp³-hybridized carbons (Fsp3) is 0.571. The van der Waals surface area contributed by atoms with Crippen LogP contribution in [-0.4, -0.2) is 0 Å². The maximum absolute atomic E-state index is 4.32. The van der Waals surface area contributed by atoms with Crippen molar-refractivity contribution in [3.63, 3.8) is 0 Å². The molecule has 2 rings (SSSR count). The number of azo groups is 1. The highest BCUT2D eigenvalue weighted by atomic mass is 15.1. The molecule has 30 heavy (non-hydrogen) atoms. The van der Waals surface area contributed by atoms with Gasteiger partial charge in [0.15, 0.2) is 0 Å². The van der Waals surface area contributed by atoms with E-state index in [0.717, 1.165) is 11.4 Å². The average Bonchev–Trinajstić information content (AvgIpc) is 2.79. The van der Waals surface area contributed by atoms with Gasteiger partial charge in [-0.15, -0.1) is 0 Å². The van der Waals surface area contributed by atoms with Gasteiger partial charge in [-0.1, -0.05) is 121 Å². The maximum atomic E-state index is 4.32. The van der Waals surface area contributed by atoms with Gasteiger partial charge in [0.05, 0.1) is 11.4 Å². The Morgan fingerprint density at radius 1 is 0.467 bits per heavy atom. The molecule has 0 spiro atoms. The second kappa shape index (κ2) is 16.8. The van der Waals surface area contributed by atoms with Crippen molar-refractivity contribution in [2.45, 2.75) is 103 Å². The topological polar surface area (TPSA) is 24.7 Å². The van der Waals surface area contributed by atoms with E-state index in [9.17, 15) is 0 Å². The molecule has 0 saturated heterocycles. The molecular weight excluding hydrogens is 364 g/mol. The predicted molar refractivity (Wildman–Crippen MR) is 131 cm³/mol. The zero-order valence-corrected chi connectivity index (χ0v) is 19.2. The molecule has 0 amide bonds. The van der Waals surface area contributed by atoms with Crippen molar-refractivity contribution in [3.8, 4) is 0 Å². The number of aryl methyl sites for hydroxylation is 1. The summed E-state index contributed by atoms with van der Waals surface area (Å²) < 4.78 is 0. The van der Waals surface area contributed by atoms with E-state index >= 15 is 0 Å². The normalized spacial score (nSPS) is 11.4. The molecular formula is C28H42N2. The summed E-state index contributed by atoms with van der Waals surface area (Å²) in [6, 6.07) is 18.4. The van der Waals surface area contributed by atoms with Crippen LogP contribution in [0.1, 0.15) is 102 Å². The first kappa shape index (κ1) is 24.3. The van der Waals surface area contributed by atoms with E-state index in [0.29, 0.717) is 0 Å². The lowest BCUT2D eigenvalue weighted by Crippen LogP contribution is -1.86. The van der Waals surface area contributed by atoms with Crippen LogP contribution < -0.4 is 0 Å². The summed E-state index contributed by atoms with van der Waals surface area (Å²) in [5.74, 6) is 0. The van der Waals surface area contributed by atoms with E-state index in [1.807, 2.05) is 30.3 Å². The van der Waals surface area contributed by atoms with Crippen LogP contribution in [0.15, 0.2) is 64.8 Å². The van der Waals surface area contributed by atoms with Gasteiger partial charge in [0.25, 0.3) is 0 Å². The molecule has 0 unspecified atom stereocenters. The van der Waals surface area contributed by atoms with Gasteiger partial charge < -0.3 is 0 Å². The quantitative estimate of drug-likeness (QED) is 0.184. The Morgan fingerprint density at radius 2 is 0.900 bits per heavy atom. The van der Waals surface area contributed by atoms with Crippen LogP contribution in [0.5, 0.6) is 0 Å². The zero-order valence-electron chi connectivity index (χ0n) is 19.2. The Kier molecular flexibility index (Phi) is 13.6. The number of nitrogens with zero attached hydrogens (tertiary/aromatic N) is 2. The van der Waals surface area contributed by atoms with Crippen molar-refractivity contribution in [1.29, 1.82) is 0 Å². The van der Waals surface area contributed by atoms with E-state index in [1.165, 1.54) is 102 Å². The Hall–Kier alpha value is -1.96. The fourth-order valence-electron chi connectivity index (χ4n) is 3.86. The Morgan fingerprint density at radius 3 is 1.40 bits per heavy atom. The van der Waals surface area contributed by atoms with Crippen molar-refractivity contribution < 1.29 is 0 Å². The third kappa shape index (κ3) is 11.9. The van der Waals surface area contributed by atoms with Gasteiger partial charge in [-0.25, -0.2) is 0 Å². The predicted octanol–water partition coefficient (Wildman–Crippen LogP) is 10.1. The lowest BCUT2D eigenvalue weighted by Gasteiger charge is -2.04. The molecule has 0 fully saturated rings. The van der Waals surface area contributed by atoms with Gasteiger partial charge >= 0.3 is 0 Å². The molecule has 0 N–H and O–H groups in total. The second-order valence-corrected chi connectivity index (χ2v) is 8.55. The van der Waals surface area contributed by atoms with E-state index in [-0.39, 0.29) is 0 Å². The van der Waals surface area contributed by atoms with Crippen LogP contribution in [0.2, 0.25) is 0 Å². The molecule has 2 aromatic rings. The Bertz CT molecular complexity index is 661. The minimum Gasteiger partial charge on any atom is -0.151 e. The summed E-state index contributed by atoms with van der Waals surface area (Å²) in [5.41, 5.74) is 3.22. The number of hydrogen-bond donors (Lipinski definition) is 0. The van der Waals surface area contributed by atoms with Crippen molar-refractivity contribution in [1.82, 2.24) is 0 Å². The van der Waals surface area contributed by atoms with Gasteiger partial charge in [-0.05, 0) is 42.7 Å². The van der Waals surface area contributed by atoms with Crippen LogP contribution in [0.4, 0.5) is 11.4 Å². The van der Waals surface area contributed by atoms with Crippen LogP contribution in [0.25, 0.3) is 0 Å². The number of unbranched alkanes of at least 4 members (excludes halogenated alkanes) is 13. The highest BCUT2D eigenvalue weighted by molar-refractivity contribution is 5.40. The second-order valence-electron chi connectivity index (χ2n) is 8.55. The SMILES string of the molecule is CCCCCCCCCCCCCCCCc1ccc(N=Nc2ccccc2)cc1. The largest absolute Gasteiger partial charge is 0.151 e. The van der Waals surface area contributed by atoms with Crippen molar-refractivity contribution in [2.75, 3.05) is 0 Å². The summed E-state index contributed by atoms with van der Waals surface area (Å²) in [6.07, 6.45) is 21.0. The van der Waals surface area contributed by atoms with E-state index < -0.39 is 0 Å². The minimum atomic E-state index is 0.893. The van der Waals surface area contributed by atoms with Crippen LogP contribution in [-0.2, 0) is 6.42 Å². The maximum Gasteiger partial charge on any atom is 0.0857 e. The minimum absolute atomic E-state index is 0.893. The van der Waals surface area contributed by atoms with Gasteiger partial charge in [0.1, 0.15) is 0 Å².